The maximum Gasteiger partial charge on any atom is 0.263 e. The number of hydrogen-bond donors (Lipinski definition) is 1. The van der Waals surface area contributed by atoms with Gasteiger partial charge in [0.2, 0.25) is 0 Å². The lowest BCUT2D eigenvalue weighted by Gasteiger charge is -2.25. The van der Waals surface area contributed by atoms with Crippen molar-refractivity contribution in [3.8, 4) is 5.75 Å². The van der Waals surface area contributed by atoms with Gasteiger partial charge in [-0.2, -0.15) is 0 Å². The van der Waals surface area contributed by atoms with Crippen LogP contribution in [0.3, 0.4) is 0 Å². The van der Waals surface area contributed by atoms with Gasteiger partial charge in [-0.1, -0.05) is 23.2 Å². The van der Waals surface area contributed by atoms with Crippen LogP contribution in [0.5, 0.6) is 5.75 Å². The normalized spacial score (nSPS) is 15.8. The smallest absolute Gasteiger partial charge is 0.263 e. The zero-order chi connectivity index (χ0) is 19.7. The van der Waals surface area contributed by atoms with E-state index in [4.69, 9.17) is 32.4 Å². The molecule has 0 bridgehead atoms. The highest BCUT2D eigenvalue weighted by Crippen LogP contribution is 2.43. The Kier molecular flexibility index (Phi) is 5.83. The predicted octanol–water partition coefficient (Wildman–Crippen LogP) is 5.38. The molecule has 0 aliphatic carbocycles. The Labute approximate surface area is 177 Å². The summed E-state index contributed by atoms with van der Waals surface area (Å²) < 4.78 is 11.6. The van der Waals surface area contributed by atoms with Gasteiger partial charge in [-0.05, 0) is 50.2 Å². The molecule has 1 atom stereocenters. The fraction of sp³-hybridized carbons (Fsp3) is 0.350. The number of carbonyl (C=O) groups excluding carboxylic acids is 1. The fourth-order valence-electron chi connectivity index (χ4n) is 3.60. The molecule has 1 saturated heterocycles. The highest BCUT2D eigenvalue weighted by atomic mass is 35.5. The highest BCUT2D eigenvalue weighted by Gasteiger charge is 2.27. The Morgan fingerprint density at radius 3 is 2.75 bits per heavy atom. The van der Waals surface area contributed by atoms with E-state index < -0.39 is 0 Å². The standard InChI is InChI=1S/C20H20Cl2N2O3S/c1-26-15-7-6-12-16(21)19(28-18(12)17(15)22)20(25)23-11-13(14-5-4-10-27-14)24-8-2-3-9-24/h4-7,10,13H,2-3,8-9,11H2,1H3,(H,23,25). The summed E-state index contributed by atoms with van der Waals surface area (Å²) in [6.07, 6.45) is 3.99. The molecule has 0 saturated carbocycles. The second-order valence-corrected chi connectivity index (χ2v) is 8.46. The lowest BCUT2D eigenvalue weighted by Crippen LogP contribution is -2.36. The number of halogens is 2. The third-order valence-corrected chi connectivity index (χ3v) is 7.25. The molecule has 4 rings (SSSR count). The summed E-state index contributed by atoms with van der Waals surface area (Å²) in [5.74, 6) is 1.21. The minimum absolute atomic E-state index is 0.0123. The van der Waals surface area contributed by atoms with Gasteiger partial charge >= 0.3 is 0 Å². The SMILES string of the molecule is COc1ccc2c(Cl)c(C(=O)NCC(c3ccco3)N3CCCC3)sc2c1Cl. The van der Waals surface area contributed by atoms with Crippen molar-refractivity contribution in [3.63, 3.8) is 0 Å². The van der Waals surface area contributed by atoms with Gasteiger partial charge in [-0.25, -0.2) is 0 Å². The number of ether oxygens (including phenoxy) is 1. The quantitative estimate of drug-likeness (QED) is 0.561. The predicted molar refractivity (Wildman–Crippen MR) is 113 cm³/mol. The number of nitrogens with zero attached hydrogens (tertiary/aromatic N) is 1. The molecule has 2 aromatic heterocycles. The first kappa shape index (κ1) is 19.6. The molecule has 1 unspecified atom stereocenters. The summed E-state index contributed by atoms with van der Waals surface area (Å²) in [4.78, 5) is 15.7. The molecule has 1 fully saturated rings. The molecule has 1 N–H and O–H groups in total. The van der Waals surface area contributed by atoms with Gasteiger partial charge in [0.15, 0.2) is 0 Å². The van der Waals surface area contributed by atoms with Crippen LogP contribution in [-0.2, 0) is 0 Å². The summed E-state index contributed by atoms with van der Waals surface area (Å²) in [6.45, 7) is 2.45. The molecule has 1 amide bonds. The van der Waals surface area contributed by atoms with Crippen molar-refractivity contribution in [3.05, 3.63) is 51.2 Å². The van der Waals surface area contributed by atoms with Crippen LogP contribution >= 0.6 is 34.5 Å². The van der Waals surface area contributed by atoms with Crippen LogP contribution in [0.4, 0.5) is 0 Å². The van der Waals surface area contributed by atoms with Crippen LogP contribution < -0.4 is 10.1 Å². The van der Waals surface area contributed by atoms with E-state index in [9.17, 15) is 4.79 Å². The Morgan fingerprint density at radius 1 is 1.29 bits per heavy atom. The van der Waals surface area contributed by atoms with Crippen LogP contribution in [0, 0.1) is 0 Å². The second kappa shape index (κ2) is 8.33. The number of thiophene rings is 1. The van der Waals surface area contributed by atoms with E-state index in [1.54, 1.807) is 19.4 Å². The van der Waals surface area contributed by atoms with Gasteiger partial charge in [-0.3, -0.25) is 9.69 Å². The average Bonchev–Trinajstić information content (AvgIpc) is 3.45. The molecule has 1 aliphatic rings. The van der Waals surface area contributed by atoms with E-state index in [0.717, 1.165) is 41.8 Å². The topological polar surface area (TPSA) is 54.7 Å². The van der Waals surface area contributed by atoms with Crippen molar-refractivity contribution in [2.24, 2.45) is 0 Å². The second-order valence-electron chi connectivity index (χ2n) is 6.69. The van der Waals surface area contributed by atoms with E-state index in [2.05, 4.69) is 10.2 Å². The summed E-state index contributed by atoms with van der Waals surface area (Å²) in [6, 6.07) is 7.42. The van der Waals surface area contributed by atoms with E-state index in [1.807, 2.05) is 18.2 Å². The summed E-state index contributed by atoms with van der Waals surface area (Å²) in [7, 11) is 1.56. The number of hydrogen-bond acceptors (Lipinski definition) is 5. The van der Waals surface area contributed by atoms with Gasteiger partial charge < -0.3 is 14.5 Å². The Morgan fingerprint density at radius 2 is 2.07 bits per heavy atom. The van der Waals surface area contributed by atoms with Crippen LogP contribution in [0.2, 0.25) is 10.0 Å². The summed E-state index contributed by atoms with van der Waals surface area (Å²) in [5, 5.41) is 4.66. The van der Waals surface area contributed by atoms with Gasteiger partial charge in [0.25, 0.3) is 5.91 Å². The first-order valence-corrected chi connectivity index (χ1v) is 10.7. The fourth-order valence-corrected chi connectivity index (χ4v) is 5.41. The molecule has 3 aromatic rings. The zero-order valence-electron chi connectivity index (χ0n) is 15.3. The highest BCUT2D eigenvalue weighted by molar-refractivity contribution is 7.22. The van der Waals surface area contributed by atoms with Gasteiger partial charge in [0, 0.05) is 11.9 Å². The maximum atomic E-state index is 12.9. The summed E-state index contributed by atoms with van der Waals surface area (Å²) in [5.41, 5.74) is 0. The van der Waals surface area contributed by atoms with Crippen LogP contribution in [0.1, 0.15) is 34.3 Å². The molecule has 0 spiro atoms. The Hall–Kier alpha value is -1.73. The molecule has 28 heavy (non-hydrogen) atoms. The molecular weight excluding hydrogens is 419 g/mol. The molecule has 148 valence electrons. The Balaban J connectivity index is 1.56. The van der Waals surface area contributed by atoms with Crippen molar-refractivity contribution < 1.29 is 13.9 Å². The minimum atomic E-state index is -0.211. The third kappa shape index (κ3) is 3.62. The first-order chi connectivity index (χ1) is 13.6. The van der Waals surface area contributed by atoms with E-state index in [1.165, 1.54) is 11.3 Å². The molecular formula is C20H20Cl2N2O3S. The van der Waals surface area contributed by atoms with Crippen LogP contribution in [0.25, 0.3) is 10.1 Å². The molecule has 5 nitrogen and oxygen atoms in total. The molecule has 8 heteroatoms. The number of methoxy groups -OCH3 is 1. The molecule has 3 heterocycles. The molecule has 1 aromatic carbocycles. The number of likely N-dealkylation sites (tertiary alicyclic amines) is 1. The lowest BCUT2D eigenvalue weighted by atomic mass is 10.2. The van der Waals surface area contributed by atoms with Crippen molar-refractivity contribution in [1.82, 2.24) is 10.2 Å². The number of furan rings is 1. The number of fused-ring (bicyclic) bond motifs is 1. The minimum Gasteiger partial charge on any atom is -0.495 e. The van der Waals surface area contributed by atoms with Crippen molar-refractivity contribution in [2.45, 2.75) is 18.9 Å². The van der Waals surface area contributed by atoms with E-state index in [0.29, 0.717) is 27.2 Å². The first-order valence-electron chi connectivity index (χ1n) is 9.10. The van der Waals surface area contributed by atoms with Crippen molar-refractivity contribution in [2.75, 3.05) is 26.7 Å². The zero-order valence-corrected chi connectivity index (χ0v) is 17.7. The Bertz CT molecular complexity index is 981. The molecule has 1 aliphatic heterocycles. The van der Waals surface area contributed by atoms with E-state index in [-0.39, 0.29) is 11.9 Å². The number of amides is 1. The van der Waals surface area contributed by atoms with Crippen LogP contribution in [-0.4, -0.2) is 37.6 Å². The third-order valence-electron chi connectivity index (χ3n) is 5.04. The largest absolute Gasteiger partial charge is 0.495 e. The van der Waals surface area contributed by atoms with Crippen molar-refractivity contribution >= 4 is 50.5 Å². The molecule has 0 radical (unpaired) electrons. The summed E-state index contributed by atoms with van der Waals surface area (Å²) >= 11 is 14.1. The van der Waals surface area contributed by atoms with Crippen LogP contribution in [0.15, 0.2) is 34.9 Å². The average molecular weight is 439 g/mol. The number of benzene rings is 1. The van der Waals surface area contributed by atoms with E-state index >= 15 is 0 Å². The number of rotatable bonds is 6. The van der Waals surface area contributed by atoms with Gasteiger partial charge in [0.1, 0.15) is 21.4 Å². The maximum absolute atomic E-state index is 12.9. The van der Waals surface area contributed by atoms with Gasteiger partial charge in [-0.15, -0.1) is 11.3 Å². The number of nitrogens with one attached hydrogen (secondary N) is 1. The lowest BCUT2D eigenvalue weighted by molar-refractivity contribution is 0.0938. The van der Waals surface area contributed by atoms with Crippen molar-refractivity contribution in [1.29, 1.82) is 0 Å². The monoisotopic (exact) mass is 438 g/mol. The number of carbonyl (C=O) groups is 1. The van der Waals surface area contributed by atoms with Gasteiger partial charge in [0.05, 0.1) is 29.1 Å².